The van der Waals surface area contributed by atoms with E-state index in [0.717, 1.165) is 40.6 Å². The van der Waals surface area contributed by atoms with E-state index in [-0.39, 0.29) is 6.04 Å². The van der Waals surface area contributed by atoms with Crippen LogP contribution in [0.1, 0.15) is 36.2 Å². The molecule has 0 saturated carbocycles. The Balaban J connectivity index is 1.54. The lowest BCUT2D eigenvalue weighted by Crippen LogP contribution is -2.27. The van der Waals surface area contributed by atoms with Crippen molar-refractivity contribution >= 4 is 0 Å². The Labute approximate surface area is 170 Å². The molecule has 4 rings (SSSR count). The number of hydrogen-bond donors (Lipinski definition) is 1. The predicted molar refractivity (Wildman–Crippen MR) is 110 cm³/mol. The molecular weight excluding hydrogens is 368 g/mol. The summed E-state index contributed by atoms with van der Waals surface area (Å²) in [7, 11) is 1.89. The highest BCUT2D eigenvalue weighted by atomic mass is 16.5. The van der Waals surface area contributed by atoms with Crippen molar-refractivity contribution in [2.45, 2.75) is 32.9 Å². The van der Waals surface area contributed by atoms with Crippen molar-refractivity contribution in [2.24, 2.45) is 7.05 Å². The number of nitrogens with zero attached hydrogens (tertiary/aromatic N) is 3. The van der Waals surface area contributed by atoms with Crippen molar-refractivity contribution < 1.29 is 14.2 Å². The first-order valence-electron chi connectivity index (χ1n) is 9.89. The molecule has 3 heterocycles. The lowest BCUT2D eigenvalue weighted by atomic mass is 10.00. The van der Waals surface area contributed by atoms with Gasteiger partial charge >= 0.3 is 0 Å². The van der Waals surface area contributed by atoms with Crippen LogP contribution in [0.2, 0.25) is 0 Å². The summed E-state index contributed by atoms with van der Waals surface area (Å²) in [4.78, 5) is 4.12. The van der Waals surface area contributed by atoms with Crippen LogP contribution in [0, 0.1) is 6.92 Å². The number of aromatic nitrogens is 3. The fourth-order valence-electron chi connectivity index (χ4n) is 3.60. The van der Waals surface area contributed by atoms with Gasteiger partial charge in [-0.3, -0.25) is 4.98 Å². The van der Waals surface area contributed by atoms with Gasteiger partial charge in [0, 0.05) is 37.8 Å². The SMILES string of the molecule is CCOc1ccc2c(c1)C(NCc1c(C)nn(C)c1Oc1cccnc1)CCO2. The van der Waals surface area contributed by atoms with Crippen molar-refractivity contribution in [1.29, 1.82) is 0 Å². The fourth-order valence-corrected chi connectivity index (χ4v) is 3.60. The van der Waals surface area contributed by atoms with E-state index in [1.165, 1.54) is 0 Å². The van der Waals surface area contributed by atoms with Crippen LogP contribution >= 0.6 is 0 Å². The highest BCUT2D eigenvalue weighted by Gasteiger charge is 2.24. The summed E-state index contributed by atoms with van der Waals surface area (Å²) in [5.74, 6) is 3.18. The Hall–Kier alpha value is -3.06. The average Bonchev–Trinajstić information content (AvgIpc) is 3.00. The topological polar surface area (TPSA) is 70.4 Å². The summed E-state index contributed by atoms with van der Waals surface area (Å²) in [6.07, 6.45) is 4.31. The molecule has 0 aliphatic carbocycles. The van der Waals surface area contributed by atoms with Crippen molar-refractivity contribution in [1.82, 2.24) is 20.1 Å². The van der Waals surface area contributed by atoms with Crippen LogP contribution in [-0.4, -0.2) is 28.0 Å². The summed E-state index contributed by atoms with van der Waals surface area (Å²) in [5, 5.41) is 8.20. The molecule has 1 aliphatic heterocycles. The molecule has 29 heavy (non-hydrogen) atoms. The van der Waals surface area contributed by atoms with Gasteiger partial charge in [-0.05, 0) is 44.2 Å². The Morgan fingerprint density at radius 2 is 2.17 bits per heavy atom. The Morgan fingerprint density at radius 3 is 2.97 bits per heavy atom. The average molecular weight is 394 g/mol. The van der Waals surface area contributed by atoms with Crippen molar-refractivity contribution in [3.63, 3.8) is 0 Å². The quantitative estimate of drug-likeness (QED) is 0.655. The normalized spacial score (nSPS) is 15.5. The second kappa shape index (κ2) is 8.53. The number of rotatable bonds is 7. The van der Waals surface area contributed by atoms with Crippen LogP contribution in [0.4, 0.5) is 0 Å². The van der Waals surface area contributed by atoms with Crippen molar-refractivity contribution in [2.75, 3.05) is 13.2 Å². The van der Waals surface area contributed by atoms with Gasteiger partial charge in [0.1, 0.15) is 17.2 Å². The van der Waals surface area contributed by atoms with E-state index in [0.29, 0.717) is 25.5 Å². The monoisotopic (exact) mass is 394 g/mol. The van der Waals surface area contributed by atoms with Gasteiger partial charge < -0.3 is 19.5 Å². The van der Waals surface area contributed by atoms with Gasteiger partial charge in [0.25, 0.3) is 0 Å². The number of benzene rings is 1. The zero-order valence-corrected chi connectivity index (χ0v) is 17.0. The molecule has 3 aromatic rings. The predicted octanol–water partition coefficient (Wildman–Crippen LogP) is 3.93. The van der Waals surface area contributed by atoms with Crippen molar-refractivity contribution in [3.8, 4) is 23.1 Å². The van der Waals surface area contributed by atoms with Crippen LogP contribution in [-0.2, 0) is 13.6 Å². The first-order chi connectivity index (χ1) is 14.2. The van der Waals surface area contributed by atoms with E-state index in [2.05, 4.69) is 21.5 Å². The second-order valence-electron chi connectivity index (χ2n) is 6.99. The zero-order chi connectivity index (χ0) is 20.2. The third-order valence-corrected chi connectivity index (χ3v) is 4.99. The number of aryl methyl sites for hydroxylation is 2. The van der Waals surface area contributed by atoms with E-state index in [1.54, 1.807) is 17.1 Å². The molecule has 1 N–H and O–H groups in total. The largest absolute Gasteiger partial charge is 0.494 e. The minimum atomic E-state index is 0.171. The van der Waals surface area contributed by atoms with Gasteiger partial charge in [-0.2, -0.15) is 5.10 Å². The van der Waals surface area contributed by atoms with Gasteiger partial charge in [0.2, 0.25) is 5.88 Å². The maximum atomic E-state index is 6.07. The summed E-state index contributed by atoms with van der Waals surface area (Å²) >= 11 is 0. The molecular formula is C22H26N4O3. The first kappa shape index (κ1) is 19.3. The highest BCUT2D eigenvalue weighted by molar-refractivity contribution is 5.43. The summed E-state index contributed by atoms with van der Waals surface area (Å²) < 4.78 is 19.3. The minimum absolute atomic E-state index is 0.171. The lowest BCUT2D eigenvalue weighted by Gasteiger charge is -2.27. The molecule has 1 aliphatic rings. The molecule has 0 bridgehead atoms. The smallest absolute Gasteiger partial charge is 0.222 e. The number of ether oxygens (including phenoxy) is 3. The minimum Gasteiger partial charge on any atom is -0.494 e. The standard InChI is InChI=1S/C22H26N4O3/c1-4-27-16-7-8-21-18(12-16)20(9-11-28-21)24-14-19-15(2)25-26(3)22(19)29-17-6-5-10-23-13-17/h5-8,10,12-13,20,24H,4,9,11,14H2,1-3H3. The first-order valence-corrected chi connectivity index (χ1v) is 9.89. The molecule has 0 radical (unpaired) electrons. The molecule has 1 aromatic carbocycles. The molecule has 0 saturated heterocycles. The summed E-state index contributed by atoms with van der Waals surface area (Å²) in [5.41, 5.74) is 3.10. The number of pyridine rings is 1. The third-order valence-electron chi connectivity index (χ3n) is 4.99. The van der Waals surface area contributed by atoms with E-state index in [4.69, 9.17) is 14.2 Å². The zero-order valence-electron chi connectivity index (χ0n) is 17.0. The van der Waals surface area contributed by atoms with Crippen LogP contribution < -0.4 is 19.5 Å². The third kappa shape index (κ3) is 4.19. The molecule has 2 aromatic heterocycles. The van der Waals surface area contributed by atoms with Crippen LogP contribution in [0.25, 0.3) is 0 Å². The summed E-state index contributed by atoms with van der Waals surface area (Å²) in [6.45, 7) is 5.95. The molecule has 7 heteroatoms. The van der Waals surface area contributed by atoms with Gasteiger partial charge in [0.15, 0.2) is 0 Å². The second-order valence-corrected chi connectivity index (χ2v) is 6.99. The Morgan fingerprint density at radius 1 is 1.28 bits per heavy atom. The number of nitrogens with one attached hydrogen (secondary N) is 1. The number of fused-ring (bicyclic) bond motifs is 1. The maximum absolute atomic E-state index is 6.07. The van der Waals surface area contributed by atoms with Crippen molar-refractivity contribution in [3.05, 3.63) is 59.5 Å². The molecule has 0 fully saturated rings. The van der Waals surface area contributed by atoms with Crippen LogP contribution in [0.3, 0.4) is 0 Å². The molecule has 152 valence electrons. The maximum Gasteiger partial charge on any atom is 0.222 e. The van der Waals surface area contributed by atoms with Crippen LogP contribution in [0.15, 0.2) is 42.7 Å². The van der Waals surface area contributed by atoms with Crippen LogP contribution in [0.5, 0.6) is 23.1 Å². The molecule has 0 spiro atoms. The van der Waals surface area contributed by atoms with Gasteiger partial charge in [-0.15, -0.1) is 0 Å². The lowest BCUT2D eigenvalue weighted by molar-refractivity contribution is 0.250. The van der Waals surface area contributed by atoms with Gasteiger partial charge in [-0.1, -0.05) is 0 Å². The Bertz CT molecular complexity index is 972. The number of hydrogen-bond acceptors (Lipinski definition) is 6. The van der Waals surface area contributed by atoms with E-state index < -0.39 is 0 Å². The fraction of sp³-hybridized carbons (Fsp3) is 0.364. The molecule has 7 nitrogen and oxygen atoms in total. The Kier molecular flexibility index (Phi) is 5.67. The van der Waals surface area contributed by atoms with E-state index in [9.17, 15) is 0 Å². The van der Waals surface area contributed by atoms with Gasteiger partial charge in [-0.25, -0.2) is 4.68 Å². The van der Waals surface area contributed by atoms with E-state index >= 15 is 0 Å². The molecule has 1 atom stereocenters. The van der Waals surface area contributed by atoms with Gasteiger partial charge in [0.05, 0.1) is 30.7 Å². The highest BCUT2D eigenvalue weighted by Crippen LogP contribution is 2.35. The summed E-state index contributed by atoms with van der Waals surface area (Å²) in [6, 6.07) is 9.92. The van der Waals surface area contributed by atoms with E-state index in [1.807, 2.05) is 45.2 Å². The molecule has 1 unspecified atom stereocenters. The molecule has 0 amide bonds.